The lowest BCUT2D eigenvalue weighted by molar-refractivity contribution is 0.157. The third-order valence-electron chi connectivity index (χ3n) is 3.52. The Labute approximate surface area is 132 Å². The lowest BCUT2D eigenvalue weighted by Crippen LogP contribution is -2.18. The highest BCUT2D eigenvalue weighted by atomic mass is 32.1. The van der Waals surface area contributed by atoms with Crippen molar-refractivity contribution in [1.82, 2.24) is 4.57 Å². The number of ether oxygens (including phenoxy) is 1. The fourth-order valence-electron chi connectivity index (χ4n) is 2.46. The zero-order valence-electron chi connectivity index (χ0n) is 12.3. The molecule has 0 saturated carbocycles. The molecule has 0 saturated heterocycles. The highest BCUT2D eigenvalue weighted by Gasteiger charge is 2.12. The molecule has 0 spiro atoms. The Hall–Kier alpha value is -2.11. The first-order valence-corrected chi connectivity index (χ1v) is 8.04. The highest BCUT2D eigenvalue weighted by Crippen LogP contribution is 2.25. The van der Waals surface area contributed by atoms with E-state index in [4.69, 9.17) is 10.1 Å². The Morgan fingerprint density at radius 3 is 2.73 bits per heavy atom. The van der Waals surface area contributed by atoms with Gasteiger partial charge in [0, 0.05) is 0 Å². The predicted octanol–water partition coefficient (Wildman–Crippen LogP) is 3.31. The number of aliphatic hydroxyl groups is 1. The van der Waals surface area contributed by atoms with Crippen molar-refractivity contribution in [3.05, 3.63) is 58.9 Å². The smallest absolute Gasteiger partial charge is 0.183 e. The standard InChI is InChI=1S/C17H18N2O2S/c1-2-21-13-8-9-14-16(10-13)22-17(18)19(14)11-15(20)12-6-4-3-5-7-12/h3-10,15,18,20H,2,11H2,1H3. The van der Waals surface area contributed by atoms with E-state index in [0.717, 1.165) is 21.5 Å². The van der Waals surface area contributed by atoms with Gasteiger partial charge in [-0.05, 0) is 30.7 Å². The Balaban J connectivity index is 1.94. The van der Waals surface area contributed by atoms with Crippen molar-refractivity contribution in [3.63, 3.8) is 0 Å². The summed E-state index contributed by atoms with van der Waals surface area (Å²) in [6.07, 6.45) is -0.625. The maximum atomic E-state index is 10.4. The third-order valence-corrected chi connectivity index (χ3v) is 4.49. The van der Waals surface area contributed by atoms with E-state index >= 15 is 0 Å². The van der Waals surface area contributed by atoms with Gasteiger partial charge >= 0.3 is 0 Å². The summed E-state index contributed by atoms with van der Waals surface area (Å²) < 4.78 is 8.34. The molecule has 0 aliphatic carbocycles. The van der Waals surface area contributed by atoms with Crippen LogP contribution in [0.3, 0.4) is 0 Å². The average molecular weight is 314 g/mol. The van der Waals surface area contributed by atoms with Gasteiger partial charge in [0.25, 0.3) is 0 Å². The molecular weight excluding hydrogens is 296 g/mol. The first kappa shape index (κ1) is 14.8. The van der Waals surface area contributed by atoms with Crippen LogP contribution < -0.4 is 9.54 Å². The Bertz CT molecular complexity index is 824. The van der Waals surface area contributed by atoms with E-state index in [-0.39, 0.29) is 0 Å². The number of rotatable bonds is 5. The molecule has 1 unspecified atom stereocenters. The van der Waals surface area contributed by atoms with Gasteiger partial charge in [0.1, 0.15) is 5.75 Å². The fraction of sp³-hybridized carbons (Fsp3) is 0.235. The first-order valence-electron chi connectivity index (χ1n) is 7.23. The van der Waals surface area contributed by atoms with Gasteiger partial charge < -0.3 is 14.4 Å². The second-order valence-corrected chi connectivity index (χ2v) is 6.04. The molecule has 1 aromatic heterocycles. The summed E-state index contributed by atoms with van der Waals surface area (Å²) in [6, 6.07) is 15.3. The Morgan fingerprint density at radius 2 is 2.00 bits per heavy atom. The molecule has 4 nitrogen and oxygen atoms in total. The van der Waals surface area contributed by atoms with Gasteiger partial charge in [-0.2, -0.15) is 0 Å². The topological polar surface area (TPSA) is 58.2 Å². The molecule has 3 rings (SSSR count). The van der Waals surface area contributed by atoms with E-state index < -0.39 is 6.10 Å². The molecular formula is C17H18N2O2S. The number of fused-ring (bicyclic) bond motifs is 1. The van der Waals surface area contributed by atoms with Gasteiger partial charge in [-0.3, -0.25) is 5.41 Å². The van der Waals surface area contributed by atoms with Crippen LogP contribution in [0.25, 0.3) is 10.2 Å². The van der Waals surface area contributed by atoms with Crippen molar-refractivity contribution in [1.29, 1.82) is 5.41 Å². The molecule has 3 aromatic rings. The molecule has 1 heterocycles. The molecule has 2 aromatic carbocycles. The van der Waals surface area contributed by atoms with Crippen molar-refractivity contribution in [2.45, 2.75) is 19.6 Å². The van der Waals surface area contributed by atoms with E-state index in [1.165, 1.54) is 11.3 Å². The second-order valence-electron chi connectivity index (χ2n) is 5.01. The maximum absolute atomic E-state index is 10.4. The number of nitrogens with one attached hydrogen (secondary N) is 1. The van der Waals surface area contributed by atoms with Crippen LogP contribution in [0.15, 0.2) is 48.5 Å². The summed E-state index contributed by atoms with van der Waals surface area (Å²) >= 11 is 1.39. The van der Waals surface area contributed by atoms with Crippen molar-refractivity contribution in [2.75, 3.05) is 6.61 Å². The van der Waals surface area contributed by atoms with E-state index in [9.17, 15) is 5.11 Å². The van der Waals surface area contributed by atoms with Crippen LogP contribution in [-0.2, 0) is 6.54 Å². The van der Waals surface area contributed by atoms with Crippen LogP contribution in [0.4, 0.5) is 0 Å². The van der Waals surface area contributed by atoms with Gasteiger partial charge in [0.15, 0.2) is 4.80 Å². The molecule has 114 valence electrons. The lowest BCUT2D eigenvalue weighted by Gasteiger charge is -2.13. The van der Waals surface area contributed by atoms with Gasteiger partial charge in [-0.15, -0.1) is 0 Å². The van der Waals surface area contributed by atoms with Crippen molar-refractivity contribution in [2.24, 2.45) is 0 Å². The van der Waals surface area contributed by atoms with Crippen LogP contribution in [-0.4, -0.2) is 16.3 Å². The van der Waals surface area contributed by atoms with Crippen molar-refractivity contribution >= 4 is 21.6 Å². The highest BCUT2D eigenvalue weighted by molar-refractivity contribution is 7.16. The van der Waals surface area contributed by atoms with Crippen LogP contribution in [0.1, 0.15) is 18.6 Å². The van der Waals surface area contributed by atoms with E-state index in [1.807, 2.05) is 60.0 Å². The van der Waals surface area contributed by atoms with Gasteiger partial charge in [-0.1, -0.05) is 41.7 Å². The van der Waals surface area contributed by atoms with E-state index in [0.29, 0.717) is 18.0 Å². The molecule has 0 aliphatic rings. The molecule has 5 heteroatoms. The van der Waals surface area contributed by atoms with Crippen LogP contribution >= 0.6 is 11.3 Å². The van der Waals surface area contributed by atoms with E-state index in [1.54, 1.807) is 0 Å². The summed E-state index contributed by atoms with van der Waals surface area (Å²) in [7, 11) is 0. The molecule has 0 amide bonds. The molecule has 0 fully saturated rings. The number of aromatic nitrogens is 1. The maximum Gasteiger partial charge on any atom is 0.183 e. The Kier molecular flexibility index (Phi) is 4.27. The summed E-state index contributed by atoms with van der Waals surface area (Å²) in [4.78, 5) is 0.429. The molecule has 22 heavy (non-hydrogen) atoms. The van der Waals surface area contributed by atoms with Crippen LogP contribution in [0, 0.1) is 5.41 Å². The van der Waals surface area contributed by atoms with Gasteiger partial charge in [-0.25, -0.2) is 0 Å². The predicted molar refractivity (Wildman–Crippen MR) is 88.2 cm³/mol. The van der Waals surface area contributed by atoms with Gasteiger partial charge in [0.2, 0.25) is 0 Å². The summed E-state index contributed by atoms with van der Waals surface area (Å²) in [5.74, 6) is 0.812. The molecule has 2 N–H and O–H groups in total. The SMILES string of the molecule is CCOc1ccc2c(c1)sc(=N)n2CC(O)c1ccccc1. The largest absolute Gasteiger partial charge is 0.494 e. The lowest BCUT2D eigenvalue weighted by atomic mass is 10.1. The van der Waals surface area contributed by atoms with Crippen LogP contribution in [0.5, 0.6) is 5.75 Å². The Morgan fingerprint density at radius 1 is 1.23 bits per heavy atom. The van der Waals surface area contributed by atoms with E-state index in [2.05, 4.69) is 0 Å². The second kappa shape index (κ2) is 6.34. The normalized spacial score (nSPS) is 12.5. The minimum Gasteiger partial charge on any atom is -0.494 e. The number of aliphatic hydroxyl groups excluding tert-OH is 1. The summed E-state index contributed by atoms with van der Waals surface area (Å²) in [5, 5.41) is 18.5. The quantitative estimate of drug-likeness (QED) is 0.759. The first-order chi connectivity index (χ1) is 10.7. The molecule has 0 bridgehead atoms. The molecule has 1 atom stereocenters. The fourth-order valence-corrected chi connectivity index (χ4v) is 3.41. The zero-order valence-corrected chi connectivity index (χ0v) is 13.1. The molecule has 0 aliphatic heterocycles. The van der Waals surface area contributed by atoms with Gasteiger partial charge in [0.05, 0.1) is 29.5 Å². The van der Waals surface area contributed by atoms with Crippen LogP contribution in [0.2, 0.25) is 0 Å². The molecule has 0 radical (unpaired) electrons. The number of hydrogen-bond acceptors (Lipinski definition) is 4. The number of nitrogens with zero attached hydrogens (tertiary/aromatic N) is 1. The number of thiazole rings is 1. The summed E-state index contributed by atoms with van der Waals surface area (Å²) in [5.41, 5.74) is 1.81. The third kappa shape index (κ3) is 2.91. The minimum absolute atomic E-state index is 0.372. The average Bonchev–Trinajstić information content (AvgIpc) is 2.84. The minimum atomic E-state index is -0.625. The zero-order chi connectivity index (χ0) is 15.5. The monoisotopic (exact) mass is 314 g/mol. The summed E-state index contributed by atoms with van der Waals surface area (Å²) in [6.45, 7) is 2.94. The van der Waals surface area contributed by atoms with Crippen molar-refractivity contribution in [3.8, 4) is 5.75 Å². The number of hydrogen-bond donors (Lipinski definition) is 2. The number of benzene rings is 2. The van der Waals surface area contributed by atoms with Crippen molar-refractivity contribution < 1.29 is 9.84 Å².